The van der Waals surface area contributed by atoms with Crippen LogP contribution < -0.4 is 0 Å². The zero-order valence-corrected chi connectivity index (χ0v) is 15.3. The van der Waals surface area contributed by atoms with Crippen molar-refractivity contribution in [2.45, 2.75) is 30.4 Å². The van der Waals surface area contributed by atoms with E-state index in [4.69, 9.17) is 0 Å². The number of fused-ring (bicyclic) bond motifs is 2. The molecule has 0 aliphatic rings. The second kappa shape index (κ2) is 6.19. The van der Waals surface area contributed by atoms with Gasteiger partial charge in [-0.25, -0.2) is 15.0 Å². The molecule has 1 aromatic carbocycles. The summed E-state index contributed by atoms with van der Waals surface area (Å²) in [7, 11) is 0. The number of pyridine rings is 1. The molecular weight excluding hydrogens is 342 g/mol. The first-order valence-electron chi connectivity index (χ1n) is 7.40. The lowest BCUT2D eigenvalue weighted by Crippen LogP contribution is -1.88. The summed E-state index contributed by atoms with van der Waals surface area (Å²) >= 11 is 5.23. The van der Waals surface area contributed by atoms with Gasteiger partial charge in [-0.05, 0) is 35.7 Å². The van der Waals surface area contributed by atoms with E-state index in [0.29, 0.717) is 5.92 Å². The Kier molecular flexibility index (Phi) is 4.05. The quantitative estimate of drug-likeness (QED) is 0.438. The molecule has 0 amide bonds. The first-order valence-corrected chi connectivity index (χ1v) is 10.1. The molecule has 6 heteroatoms. The van der Waals surface area contributed by atoms with Crippen molar-refractivity contribution in [1.82, 2.24) is 15.0 Å². The highest BCUT2D eigenvalue weighted by Gasteiger charge is 2.09. The lowest BCUT2D eigenvalue weighted by atomic mass is 10.1. The molecule has 3 nitrogen and oxygen atoms in total. The molecule has 0 fully saturated rings. The summed E-state index contributed by atoms with van der Waals surface area (Å²) in [5.41, 5.74) is 5.11. The summed E-state index contributed by atoms with van der Waals surface area (Å²) in [5.74, 6) is 1.37. The third-order valence-corrected chi connectivity index (χ3v) is 6.63. The maximum absolute atomic E-state index is 4.65. The molecule has 0 unspecified atom stereocenters. The third-order valence-electron chi connectivity index (χ3n) is 3.64. The van der Waals surface area contributed by atoms with Gasteiger partial charge in [0.15, 0.2) is 5.65 Å². The lowest BCUT2D eigenvalue weighted by Gasteiger charge is -2.02. The minimum absolute atomic E-state index is 0.497. The van der Waals surface area contributed by atoms with Crippen LogP contribution in [0, 0.1) is 0 Å². The minimum Gasteiger partial charge on any atom is -0.245 e. The Morgan fingerprint density at radius 1 is 1.13 bits per heavy atom. The van der Waals surface area contributed by atoms with E-state index in [1.165, 1.54) is 19.9 Å². The molecule has 0 spiro atoms. The van der Waals surface area contributed by atoms with Crippen molar-refractivity contribution < 1.29 is 0 Å². The first-order chi connectivity index (χ1) is 11.2. The Bertz CT molecular complexity index is 971. The van der Waals surface area contributed by atoms with Crippen molar-refractivity contribution in [2.24, 2.45) is 0 Å². The van der Waals surface area contributed by atoms with Crippen LogP contribution >= 0.6 is 34.4 Å². The van der Waals surface area contributed by atoms with Crippen LogP contribution in [0.5, 0.6) is 0 Å². The molecule has 0 atom stereocenters. The monoisotopic (exact) mass is 357 g/mol. The van der Waals surface area contributed by atoms with Gasteiger partial charge in [-0.1, -0.05) is 13.8 Å². The fourth-order valence-corrected chi connectivity index (χ4v) is 4.89. The average Bonchev–Trinajstić information content (AvgIpc) is 3.17. The molecule has 0 saturated carbocycles. The Labute approximate surface area is 146 Å². The van der Waals surface area contributed by atoms with Crippen molar-refractivity contribution in [3.05, 3.63) is 46.5 Å². The first kappa shape index (κ1) is 15.1. The Morgan fingerprint density at radius 3 is 2.91 bits per heavy atom. The maximum atomic E-state index is 4.65. The molecule has 0 N–H and O–H groups in total. The van der Waals surface area contributed by atoms with Gasteiger partial charge in [-0.15, -0.1) is 34.4 Å². The van der Waals surface area contributed by atoms with Crippen LogP contribution in [-0.4, -0.2) is 15.0 Å². The Morgan fingerprint density at radius 2 is 2.04 bits per heavy atom. The molecule has 116 valence electrons. The van der Waals surface area contributed by atoms with Crippen LogP contribution in [0.4, 0.5) is 0 Å². The molecule has 0 radical (unpaired) electrons. The van der Waals surface area contributed by atoms with E-state index in [0.717, 1.165) is 21.9 Å². The number of rotatable bonds is 4. The molecule has 4 rings (SSSR count). The highest BCUT2D eigenvalue weighted by molar-refractivity contribution is 7.98. The van der Waals surface area contributed by atoms with Crippen LogP contribution in [-0.2, 0) is 5.75 Å². The highest BCUT2D eigenvalue weighted by Crippen LogP contribution is 2.31. The van der Waals surface area contributed by atoms with E-state index >= 15 is 0 Å². The van der Waals surface area contributed by atoms with Gasteiger partial charge in [0.2, 0.25) is 0 Å². The fourth-order valence-electron chi connectivity index (χ4n) is 2.33. The number of benzene rings is 1. The van der Waals surface area contributed by atoms with Gasteiger partial charge < -0.3 is 0 Å². The van der Waals surface area contributed by atoms with Crippen molar-refractivity contribution in [3.8, 4) is 0 Å². The van der Waals surface area contributed by atoms with Gasteiger partial charge in [0.05, 0.1) is 26.2 Å². The molecule has 0 bridgehead atoms. The molecule has 4 aromatic rings. The van der Waals surface area contributed by atoms with Crippen molar-refractivity contribution >= 4 is 55.0 Å². The normalized spacial score (nSPS) is 11.8. The predicted octanol–water partition coefficient (Wildman–Crippen LogP) is 5.72. The van der Waals surface area contributed by atoms with Crippen LogP contribution in [0.15, 0.2) is 40.9 Å². The summed E-state index contributed by atoms with van der Waals surface area (Å²) < 4.78 is 2.42. The Balaban J connectivity index is 1.55. The maximum Gasteiger partial charge on any atom is 0.170 e. The standard InChI is InChI=1S/C17H15N3S3/c1-10(2)11-5-15-17(18-7-11)20-16(23-15)8-21-12-3-4-14-13(6-12)19-9-22-14/h3-7,9-10H,8H2,1-2H3. The Hall–Kier alpha value is -1.50. The second-order valence-electron chi connectivity index (χ2n) is 5.62. The van der Waals surface area contributed by atoms with Gasteiger partial charge in [0, 0.05) is 11.1 Å². The van der Waals surface area contributed by atoms with Gasteiger partial charge in [-0.3, -0.25) is 0 Å². The van der Waals surface area contributed by atoms with Crippen molar-refractivity contribution in [3.63, 3.8) is 0 Å². The molecule has 3 heterocycles. The van der Waals surface area contributed by atoms with E-state index in [1.54, 1.807) is 34.4 Å². The molecule has 23 heavy (non-hydrogen) atoms. The summed E-state index contributed by atoms with van der Waals surface area (Å²) in [6.07, 6.45) is 1.94. The van der Waals surface area contributed by atoms with E-state index in [1.807, 2.05) is 11.7 Å². The third kappa shape index (κ3) is 3.11. The van der Waals surface area contributed by atoms with Crippen molar-refractivity contribution in [1.29, 1.82) is 0 Å². The van der Waals surface area contributed by atoms with Crippen LogP contribution in [0.3, 0.4) is 0 Å². The average molecular weight is 358 g/mol. The summed E-state index contributed by atoms with van der Waals surface area (Å²) in [4.78, 5) is 14.8. The number of aromatic nitrogens is 3. The summed E-state index contributed by atoms with van der Waals surface area (Å²) in [6, 6.07) is 8.68. The number of thioether (sulfide) groups is 1. The molecular formula is C17H15N3S3. The number of nitrogens with zero attached hydrogens (tertiary/aromatic N) is 3. The van der Waals surface area contributed by atoms with E-state index < -0.39 is 0 Å². The van der Waals surface area contributed by atoms with Crippen LogP contribution in [0.25, 0.3) is 20.6 Å². The molecule has 0 aliphatic carbocycles. The summed E-state index contributed by atoms with van der Waals surface area (Å²) in [5, 5.41) is 1.12. The van der Waals surface area contributed by atoms with E-state index in [-0.39, 0.29) is 0 Å². The largest absolute Gasteiger partial charge is 0.245 e. The smallest absolute Gasteiger partial charge is 0.170 e. The summed E-state index contributed by atoms with van der Waals surface area (Å²) in [6.45, 7) is 4.38. The van der Waals surface area contributed by atoms with Gasteiger partial charge >= 0.3 is 0 Å². The van der Waals surface area contributed by atoms with Gasteiger partial charge in [0.25, 0.3) is 0 Å². The zero-order chi connectivity index (χ0) is 15.8. The topological polar surface area (TPSA) is 38.7 Å². The SMILES string of the molecule is CC(C)c1cnc2nc(CSc3ccc4scnc4c3)sc2c1. The number of hydrogen-bond acceptors (Lipinski definition) is 6. The molecule has 0 saturated heterocycles. The number of thiazole rings is 2. The van der Waals surface area contributed by atoms with Gasteiger partial charge in [0.1, 0.15) is 5.01 Å². The lowest BCUT2D eigenvalue weighted by molar-refractivity contribution is 0.862. The minimum atomic E-state index is 0.497. The highest BCUT2D eigenvalue weighted by atomic mass is 32.2. The zero-order valence-electron chi connectivity index (χ0n) is 12.8. The predicted molar refractivity (Wildman–Crippen MR) is 101 cm³/mol. The van der Waals surface area contributed by atoms with Crippen LogP contribution in [0.2, 0.25) is 0 Å². The second-order valence-corrected chi connectivity index (χ2v) is 8.67. The molecule has 3 aromatic heterocycles. The number of hydrogen-bond donors (Lipinski definition) is 0. The fraction of sp³-hybridized carbons (Fsp3) is 0.235. The van der Waals surface area contributed by atoms with E-state index in [2.05, 4.69) is 53.1 Å². The van der Waals surface area contributed by atoms with Crippen LogP contribution in [0.1, 0.15) is 30.3 Å². The molecule has 0 aliphatic heterocycles. The van der Waals surface area contributed by atoms with Gasteiger partial charge in [-0.2, -0.15) is 0 Å². The van der Waals surface area contributed by atoms with Crippen molar-refractivity contribution in [2.75, 3.05) is 0 Å². The van der Waals surface area contributed by atoms with E-state index in [9.17, 15) is 0 Å².